The summed E-state index contributed by atoms with van der Waals surface area (Å²) in [5, 5.41) is 11.5. The summed E-state index contributed by atoms with van der Waals surface area (Å²) in [5.74, 6) is 0.645. The highest BCUT2D eigenvalue weighted by Gasteiger charge is 2.34. The molecule has 1 atom stereocenters. The summed E-state index contributed by atoms with van der Waals surface area (Å²) in [4.78, 5) is 7.02. The van der Waals surface area contributed by atoms with Crippen molar-refractivity contribution in [3.8, 4) is 0 Å². The van der Waals surface area contributed by atoms with Gasteiger partial charge in [0.1, 0.15) is 0 Å². The number of nitrogens with zero attached hydrogens (tertiary/aromatic N) is 4. The fourth-order valence-corrected chi connectivity index (χ4v) is 2.92. The van der Waals surface area contributed by atoms with Gasteiger partial charge in [0.15, 0.2) is 0 Å². The van der Waals surface area contributed by atoms with Crippen LogP contribution < -0.4 is 5.32 Å². The van der Waals surface area contributed by atoms with E-state index in [1.54, 1.807) is 0 Å². The summed E-state index contributed by atoms with van der Waals surface area (Å²) in [6.45, 7) is 7.83. The summed E-state index contributed by atoms with van der Waals surface area (Å²) >= 11 is 0. The van der Waals surface area contributed by atoms with Crippen molar-refractivity contribution in [2.75, 3.05) is 31.6 Å². The van der Waals surface area contributed by atoms with E-state index >= 15 is 0 Å². The molecular weight excluding hydrogens is 254 g/mol. The maximum atomic E-state index is 5.44. The summed E-state index contributed by atoms with van der Waals surface area (Å²) in [6.07, 6.45) is 3.58. The van der Waals surface area contributed by atoms with Gasteiger partial charge in [0.05, 0.1) is 11.4 Å². The molecular formula is C14H23N5O. The third-order valence-corrected chi connectivity index (χ3v) is 4.44. The first-order chi connectivity index (χ1) is 9.74. The summed E-state index contributed by atoms with van der Waals surface area (Å²) in [6, 6.07) is 1.30. The van der Waals surface area contributed by atoms with Crippen LogP contribution in [0.15, 0.2) is 0 Å². The number of hydrogen-bond acceptors (Lipinski definition) is 6. The average molecular weight is 277 g/mol. The van der Waals surface area contributed by atoms with Crippen LogP contribution in [0.2, 0.25) is 0 Å². The number of rotatable bonds is 4. The number of hydrogen-bond donors (Lipinski definition) is 1. The Labute approximate surface area is 119 Å². The van der Waals surface area contributed by atoms with Gasteiger partial charge in [0, 0.05) is 38.4 Å². The van der Waals surface area contributed by atoms with Gasteiger partial charge in [-0.3, -0.25) is 4.90 Å². The van der Waals surface area contributed by atoms with Crippen molar-refractivity contribution < 1.29 is 4.74 Å². The van der Waals surface area contributed by atoms with Crippen LogP contribution in [0.1, 0.15) is 30.7 Å². The van der Waals surface area contributed by atoms with E-state index < -0.39 is 0 Å². The highest BCUT2D eigenvalue weighted by molar-refractivity contribution is 5.25. The van der Waals surface area contributed by atoms with E-state index in [1.807, 2.05) is 13.8 Å². The van der Waals surface area contributed by atoms with Crippen molar-refractivity contribution in [2.45, 2.75) is 45.2 Å². The minimum atomic E-state index is 0.600. The quantitative estimate of drug-likeness (QED) is 0.891. The SMILES string of the molecule is Cc1nnc(NCC2CCN2C2CCOCC2)nc1C. The molecule has 1 N–H and O–H groups in total. The maximum Gasteiger partial charge on any atom is 0.243 e. The molecule has 2 aliphatic heterocycles. The molecule has 2 fully saturated rings. The molecule has 6 nitrogen and oxygen atoms in total. The van der Waals surface area contributed by atoms with Crippen molar-refractivity contribution in [3.63, 3.8) is 0 Å². The molecule has 3 heterocycles. The second-order valence-electron chi connectivity index (χ2n) is 5.71. The molecule has 2 aliphatic rings. The minimum Gasteiger partial charge on any atom is -0.381 e. The Hall–Kier alpha value is -1.27. The molecule has 1 aromatic heterocycles. The van der Waals surface area contributed by atoms with Gasteiger partial charge in [-0.25, -0.2) is 4.98 Å². The minimum absolute atomic E-state index is 0.600. The lowest BCUT2D eigenvalue weighted by Crippen LogP contribution is -2.57. The van der Waals surface area contributed by atoms with Gasteiger partial charge in [-0.15, -0.1) is 5.10 Å². The third-order valence-electron chi connectivity index (χ3n) is 4.44. The van der Waals surface area contributed by atoms with E-state index in [1.165, 1.54) is 13.0 Å². The lowest BCUT2D eigenvalue weighted by molar-refractivity contribution is -0.0189. The molecule has 1 unspecified atom stereocenters. The molecule has 0 amide bonds. The first-order valence-corrected chi connectivity index (χ1v) is 7.49. The van der Waals surface area contributed by atoms with E-state index in [4.69, 9.17) is 4.74 Å². The van der Waals surface area contributed by atoms with Gasteiger partial charge in [-0.1, -0.05) is 0 Å². The predicted molar refractivity (Wildman–Crippen MR) is 76.7 cm³/mol. The molecule has 0 spiro atoms. The second kappa shape index (κ2) is 6.01. The molecule has 6 heteroatoms. The van der Waals surface area contributed by atoms with Gasteiger partial charge < -0.3 is 10.1 Å². The fourth-order valence-electron chi connectivity index (χ4n) is 2.92. The van der Waals surface area contributed by atoms with Crippen LogP contribution in [0.25, 0.3) is 0 Å². The zero-order valence-corrected chi connectivity index (χ0v) is 12.3. The van der Waals surface area contributed by atoms with E-state index in [9.17, 15) is 0 Å². The van der Waals surface area contributed by atoms with Crippen molar-refractivity contribution in [2.24, 2.45) is 0 Å². The van der Waals surface area contributed by atoms with Gasteiger partial charge >= 0.3 is 0 Å². The highest BCUT2D eigenvalue weighted by atomic mass is 16.5. The van der Waals surface area contributed by atoms with E-state index in [0.717, 1.165) is 44.0 Å². The van der Waals surface area contributed by atoms with Gasteiger partial charge in [-0.2, -0.15) is 5.10 Å². The lowest BCUT2D eigenvalue weighted by atomic mass is 9.95. The van der Waals surface area contributed by atoms with Crippen molar-refractivity contribution in [3.05, 3.63) is 11.4 Å². The maximum absolute atomic E-state index is 5.44. The Balaban J connectivity index is 1.51. The monoisotopic (exact) mass is 277 g/mol. The first-order valence-electron chi connectivity index (χ1n) is 7.49. The number of aromatic nitrogens is 3. The van der Waals surface area contributed by atoms with Crippen LogP contribution in [0.3, 0.4) is 0 Å². The number of aryl methyl sites for hydroxylation is 2. The van der Waals surface area contributed by atoms with E-state index in [0.29, 0.717) is 18.0 Å². The third kappa shape index (κ3) is 2.91. The average Bonchev–Trinajstić information content (AvgIpc) is 2.43. The van der Waals surface area contributed by atoms with E-state index in [-0.39, 0.29) is 0 Å². The molecule has 2 saturated heterocycles. The van der Waals surface area contributed by atoms with Crippen molar-refractivity contribution in [1.82, 2.24) is 20.1 Å². The Bertz CT molecular complexity index is 461. The highest BCUT2D eigenvalue weighted by Crippen LogP contribution is 2.26. The summed E-state index contributed by atoms with van der Waals surface area (Å²) in [5.41, 5.74) is 1.83. The molecule has 0 saturated carbocycles. The number of nitrogens with one attached hydrogen (secondary N) is 1. The number of anilines is 1. The Morgan fingerprint density at radius 3 is 2.60 bits per heavy atom. The Kier molecular flexibility index (Phi) is 4.12. The normalized spacial score (nSPS) is 24.4. The van der Waals surface area contributed by atoms with Crippen LogP contribution in [0.4, 0.5) is 5.95 Å². The Morgan fingerprint density at radius 2 is 1.95 bits per heavy atom. The van der Waals surface area contributed by atoms with Gasteiger partial charge in [-0.05, 0) is 33.1 Å². The molecule has 1 aromatic rings. The lowest BCUT2D eigenvalue weighted by Gasteiger charge is -2.47. The van der Waals surface area contributed by atoms with Gasteiger partial charge in [0.2, 0.25) is 5.95 Å². The largest absolute Gasteiger partial charge is 0.381 e. The smallest absolute Gasteiger partial charge is 0.243 e. The molecule has 0 bridgehead atoms. The summed E-state index contributed by atoms with van der Waals surface area (Å²) < 4.78 is 5.44. The number of ether oxygens (including phenoxy) is 1. The molecule has 0 aromatic carbocycles. The number of likely N-dealkylation sites (tertiary alicyclic amines) is 1. The molecule has 110 valence electrons. The van der Waals surface area contributed by atoms with Gasteiger partial charge in [0.25, 0.3) is 0 Å². The van der Waals surface area contributed by atoms with Crippen molar-refractivity contribution in [1.29, 1.82) is 0 Å². The Morgan fingerprint density at radius 1 is 1.15 bits per heavy atom. The summed E-state index contributed by atoms with van der Waals surface area (Å²) in [7, 11) is 0. The van der Waals surface area contributed by atoms with Crippen LogP contribution in [-0.2, 0) is 4.74 Å². The predicted octanol–water partition coefficient (Wildman–Crippen LogP) is 1.15. The topological polar surface area (TPSA) is 63.2 Å². The van der Waals surface area contributed by atoms with Crippen LogP contribution in [-0.4, -0.2) is 58.5 Å². The van der Waals surface area contributed by atoms with Crippen LogP contribution in [0.5, 0.6) is 0 Å². The zero-order chi connectivity index (χ0) is 13.9. The van der Waals surface area contributed by atoms with Crippen molar-refractivity contribution >= 4 is 5.95 Å². The van der Waals surface area contributed by atoms with Crippen LogP contribution in [0, 0.1) is 13.8 Å². The molecule has 0 radical (unpaired) electrons. The fraction of sp³-hybridized carbons (Fsp3) is 0.786. The zero-order valence-electron chi connectivity index (χ0n) is 12.3. The second-order valence-corrected chi connectivity index (χ2v) is 5.71. The van der Waals surface area contributed by atoms with E-state index in [2.05, 4.69) is 25.4 Å². The van der Waals surface area contributed by atoms with Crippen LogP contribution >= 0.6 is 0 Å². The first kappa shape index (κ1) is 13.7. The molecule has 0 aliphatic carbocycles. The molecule has 3 rings (SSSR count). The standard InChI is InChI=1S/C14H23N5O/c1-10-11(2)17-18-14(16-10)15-9-13-3-6-19(13)12-4-7-20-8-5-12/h12-13H,3-9H2,1-2H3,(H,15,16,18). The molecule has 20 heavy (non-hydrogen) atoms.